The maximum Gasteiger partial charge on any atom is 0.251 e. The van der Waals surface area contributed by atoms with Gasteiger partial charge >= 0.3 is 0 Å². The fourth-order valence-electron chi connectivity index (χ4n) is 2.15. The zero-order valence-corrected chi connectivity index (χ0v) is 13.1. The van der Waals surface area contributed by atoms with Crippen LogP contribution in [-0.4, -0.2) is 38.4 Å². The molecule has 118 valence electrons. The number of carbonyl (C=O) groups excluding carboxylic acids is 1. The molecule has 1 aromatic rings. The van der Waals surface area contributed by atoms with Gasteiger partial charge in [-0.05, 0) is 37.5 Å². The maximum absolute atomic E-state index is 12.0. The zero-order valence-electron chi connectivity index (χ0n) is 12.3. The highest BCUT2D eigenvalue weighted by molar-refractivity contribution is 5.96. The molecule has 1 aromatic carbocycles. The van der Waals surface area contributed by atoms with Crippen LogP contribution in [0, 0.1) is 6.92 Å². The summed E-state index contributed by atoms with van der Waals surface area (Å²) in [6.45, 7) is 4.62. The number of nitrogens with two attached hydrogens (primary N) is 1. The molecule has 6 heteroatoms. The number of aryl methyl sites for hydroxylation is 1. The Morgan fingerprint density at radius 1 is 1.52 bits per heavy atom. The summed E-state index contributed by atoms with van der Waals surface area (Å²) in [5, 5.41) is 2.89. The Morgan fingerprint density at radius 3 is 3.05 bits per heavy atom. The van der Waals surface area contributed by atoms with Crippen molar-refractivity contribution in [2.75, 3.05) is 32.1 Å². The van der Waals surface area contributed by atoms with Gasteiger partial charge in [-0.2, -0.15) is 0 Å². The van der Waals surface area contributed by atoms with E-state index in [1.165, 1.54) is 0 Å². The summed E-state index contributed by atoms with van der Waals surface area (Å²) in [4.78, 5) is 12.0. The van der Waals surface area contributed by atoms with Crippen molar-refractivity contribution in [3.63, 3.8) is 0 Å². The first-order valence-corrected chi connectivity index (χ1v) is 7.00. The third-order valence-corrected chi connectivity index (χ3v) is 3.35. The van der Waals surface area contributed by atoms with E-state index < -0.39 is 0 Å². The van der Waals surface area contributed by atoms with Crippen molar-refractivity contribution in [1.29, 1.82) is 0 Å². The Labute approximate surface area is 131 Å². The molecule has 1 saturated heterocycles. The summed E-state index contributed by atoms with van der Waals surface area (Å²) < 4.78 is 10.9. The summed E-state index contributed by atoms with van der Waals surface area (Å²) in [6, 6.07) is 5.36. The molecule has 0 bridgehead atoms. The van der Waals surface area contributed by atoms with Gasteiger partial charge in [0, 0.05) is 31.0 Å². The van der Waals surface area contributed by atoms with E-state index in [4.69, 9.17) is 15.2 Å². The Bertz CT molecular complexity index is 462. The minimum Gasteiger partial charge on any atom is -0.399 e. The molecule has 1 fully saturated rings. The lowest BCUT2D eigenvalue weighted by atomic mass is 10.1. The van der Waals surface area contributed by atoms with Crippen molar-refractivity contribution in [1.82, 2.24) is 5.32 Å². The van der Waals surface area contributed by atoms with Crippen LogP contribution in [0.25, 0.3) is 0 Å². The topological polar surface area (TPSA) is 73.6 Å². The lowest BCUT2D eigenvalue weighted by Gasteiger charge is -2.11. The van der Waals surface area contributed by atoms with Crippen LogP contribution in [0.4, 0.5) is 5.69 Å². The molecule has 1 aliphatic heterocycles. The number of anilines is 1. The number of nitrogens with one attached hydrogen (secondary N) is 1. The van der Waals surface area contributed by atoms with E-state index >= 15 is 0 Å². The average molecular weight is 315 g/mol. The summed E-state index contributed by atoms with van der Waals surface area (Å²) in [5.74, 6) is -0.0843. The molecular weight excluding hydrogens is 292 g/mol. The number of benzene rings is 1. The van der Waals surface area contributed by atoms with Gasteiger partial charge in [0.05, 0.1) is 12.7 Å². The van der Waals surface area contributed by atoms with E-state index in [-0.39, 0.29) is 24.4 Å². The Hall–Kier alpha value is -1.30. The average Bonchev–Trinajstić information content (AvgIpc) is 2.94. The molecule has 1 unspecified atom stereocenters. The smallest absolute Gasteiger partial charge is 0.251 e. The first-order chi connectivity index (χ1) is 9.66. The van der Waals surface area contributed by atoms with E-state index in [0.717, 1.165) is 25.0 Å². The second-order valence-electron chi connectivity index (χ2n) is 5.04. The minimum atomic E-state index is -0.0843. The van der Waals surface area contributed by atoms with Crippen molar-refractivity contribution in [2.45, 2.75) is 25.9 Å². The molecule has 2 rings (SSSR count). The van der Waals surface area contributed by atoms with Crippen LogP contribution >= 0.6 is 12.4 Å². The maximum atomic E-state index is 12.0. The standard InChI is InChI=1S/C15H22N2O3.ClH/c1-11-3-4-12(16)9-14(11)15(18)17-6-2-7-20-13-5-8-19-10-13;/h3-4,9,13H,2,5-8,10,16H2,1H3,(H,17,18);1H. The van der Waals surface area contributed by atoms with Gasteiger partial charge in [-0.15, -0.1) is 12.4 Å². The van der Waals surface area contributed by atoms with Gasteiger partial charge in [0.15, 0.2) is 0 Å². The lowest BCUT2D eigenvalue weighted by Crippen LogP contribution is -2.26. The van der Waals surface area contributed by atoms with Gasteiger partial charge in [0.1, 0.15) is 0 Å². The first kappa shape index (κ1) is 17.8. The Kier molecular flexibility index (Phi) is 7.50. The summed E-state index contributed by atoms with van der Waals surface area (Å²) >= 11 is 0. The third kappa shape index (κ3) is 5.53. The van der Waals surface area contributed by atoms with Crippen molar-refractivity contribution in [3.8, 4) is 0 Å². The molecule has 21 heavy (non-hydrogen) atoms. The summed E-state index contributed by atoms with van der Waals surface area (Å²) in [6.07, 6.45) is 1.99. The number of rotatable bonds is 6. The van der Waals surface area contributed by atoms with Crippen LogP contribution in [0.1, 0.15) is 28.8 Å². The highest BCUT2D eigenvalue weighted by atomic mass is 35.5. The SMILES string of the molecule is Cc1ccc(N)cc1C(=O)NCCCOC1CCOC1.Cl. The zero-order chi connectivity index (χ0) is 14.4. The quantitative estimate of drug-likeness (QED) is 0.621. The molecule has 0 aliphatic carbocycles. The van der Waals surface area contributed by atoms with E-state index in [2.05, 4.69) is 5.32 Å². The minimum absolute atomic E-state index is 0. The van der Waals surface area contributed by atoms with Gasteiger partial charge in [-0.3, -0.25) is 4.79 Å². The predicted molar refractivity (Wildman–Crippen MR) is 85.0 cm³/mol. The summed E-state index contributed by atoms with van der Waals surface area (Å²) in [5.41, 5.74) is 7.86. The number of hydrogen-bond acceptors (Lipinski definition) is 4. The largest absolute Gasteiger partial charge is 0.399 e. The van der Waals surface area contributed by atoms with E-state index in [0.29, 0.717) is 31.0 Å². The molecule has 1 atom stereocenters. The molecule has 0 aromatic heterocycles. The van der Waals surface area contributed by atoms with Gasteiger partial charge in [-0.25, -0.2) is 0 Å². The highest BCUT2D eigenvalue weighted by Crippen LogP contribution is 2.12. The van der Waals surface area contributed by atoms with Crippen LogP contribution in [0.15, 0.2) is 18.2 Å². The molecule has 5 nitrogen and oxygen atoms in total. The van der Waals surface area contributed by atoms with Gasteiger partial charge in [-0.1, -0.05) is 6.07 Å². The third-order valence-electron chi connectivity index (χ3n) is 3.35. The van der Waals surface area contributed by atoms with Crippen LogP contribution in [0.2, 0.25) is 0 Å². The van der Waals surface area contributed by atoms with Crippen LogP contribution < -0.4 is 11.1 Å². The van der Waals surface area contributed by atoms with Crippen molar-refractivity contribution in [3.05, 3.63) is 29.3 Å². The van der Waals surface area contributed by atoms with Gasteiger partial charge in [0.25, 0.3) is 5.91 Å². The number of halogens is 1. The molecule has 0 saturated carbocycles. The number of amides is 1. The second kappa shape index (κ2) is 8.87. The number of ether oxygens (including phenoxy) is 2. The molecule has 1 aliphatic rings. The lowest BCUT2D eigenvalue weighted by molar-refractivity contribution is 0.0415. The summed E-state index contributed by atoms with van der Waals surface area (Å²) in [7, 11) is 0. The van der Waals surface area contributed by atoms with Crippen LogP contribution in [0.3, 0.4) is 0 Å². The Morgan fingerprint density at radius 2 is 2.33 bits per heavy atom. The monoisotopic (exact) mass is 314 g/mol. The molecule has 0 radical (unpaired) electrons. The van der Waals surface area contributed by atoms with Crippen LogP contribution in [-0.2, 0) is 9.47 Å². The molecule has 1 heterocycles. The van der Waals surface area contributed by atoms with E-state index in [1.807, 2.05) is 13.0 Å². The number of hydrogen-bond donors (Lipinski definition) is 2. The first-order valence-electron chi connectivity index (χ1n) is 7.00. The number of nitrogen functional groups attached to an aromatic ring is 1. The predicted octanol–water partition coefficient (Wildman–Crippen LogP) is 1.92. The second-order valence-corrected chi connectivity index (χ2v) is 5.04. The van der Waals surface area contributed by atoms with Gasteiger partial charge in [0.2, 0.25) is 0 Å². The number of carbonyl (C=O) groups is 1. The van der Waals surface area contributed by atoms with Crippen LogP contribution in [0.5, 0.6) is 0 Å². The van der Waals surface area contributed by atoms with Crippen molar-refractivity contribution < 1.29 is 14.3 Å². The fourth-order valence-corrected chi connectivity index (χ4v) is 2.15. The van der Waals surface area contributed by atoms with Crippen molar-refractivity contribution >= 4 is 24.0 Å². The van der Waals surface area contributed by atoms with Gasteiger partial charge < -0.3 is 20.5 Å². The van der Waals surface area contributed by atoms with E-state index in [1.54, 1.807) is 12.1 Å². The fraction of sp³-hybridized carbons (Fsp3) is 0.533. The Balaban J connectivity index is 0.00000220. The highest BCUT2D eigenvalue weighted by Gasteiger charge is 2.15. The van der Waals surface area contributed by atoms with Crippen molar-refractivity contribution in [2.24, 2.45) is 0 Å². The molecule has 0 spiro atoms. The normalized spacial score (nSPS) is 17.3. The molecule has 3 N–H and O–H groups in total. The molecule has 1 amide bonds. The molecular formula is C15H23ClN2O3. The van der Waals surface area contributed by atoms with E-state index in [9.17, 15) is 4.79 Å².